The van der Waals surface area contributed by atoms with Gasteiger partial charge in [0.05, 0.1) is 20.3 Å². The zero-order chi connectivity index (χ0) is 14.7. The summed E-state index contributed by atoms with van der Waals surface area (Å²) in [5, 5.41) is 1.17. The van der Waals surface area contributed by atoms with Crippen molar-refractivity contribution in [2.75, 3.05) is 14.2 Å². The van der Waals surface area contributed by atoms with E-state index in [0.717, 1.165) is 11.1 Å². The number of methoxy groups -OCH3 is 2. The minimum atomic E-state index is -0.412. The van der Waals surface area contributed by atoms with E-state index >= 15 is 0 Å². The Morgan fingerprint density at radius 3 is 2.10 bits per heavy atom. The van der Waals surface area contributed by atoms with E-state index in [0.29, 0.717) is 21.5 Å². The molecule has 2 rings (SSSR count). The highest BCUT2D eigenvalue weighted by atomic mass is 35.5. The maximum atomic E-state index is 6.28. The highest BCUT2D eigenvalue weighted by Gasteiger charge is 2.15. The Labute approximate surface area is 128 Å². The number of nitrogens with two attached hydrogens (primary N) is 1. The first-order chi connectivity index (χ1) is 9.55. The molecule has 1 unspecified atom stereocenters. The van der Waals surface area contributed by atoms with Gasteiger partial charge in [-0.2, -0.15) is 0 Å². The molecule has 106 valence electrons. The molecule has 0 aliphatic rings. The predicted molar refractivity (Wildman–Crippen MR) is 82.0 cm³/mol. The lowest BCUT2D eigenvalue weighted by Crippen LogP contribution is -2.12. The standard InChI is InChI=1S/C15H15Cl2NO2/c1-19-11-5-9(6-12(8-11)20-2)15(18)13-7-10(16)3-4-14(13)17/h3-8,15H,18H2,1-2H3. The molecule has 0 aliphatic heterocycles. The van der Waals surface area contributed by atoms with E-state index in [9.17, 15) is 0 Å². The molecule has 2 N–H and O–H groups in total. The summed E-state index contributed by atoms with van der Waals surface area (Å²) in [6, 6.07) is 10.3. The highest BCUT2D eigenvalue weighted by Crippen LogP contribution is 2.32. The molecule has 0 radical (unpaired) electrons. The van der Waals surface area contributed by atoms with Crippen LogP contribution >= 0.6 is 23.2 Å². The smallest absolute Gasteiger partial charge is 0.122 e. The minimum Gasteiger partial charge on any atom is -0.497 e. The van der Waals surface area contributed by atoms with Crippen LogP contribution in [0.1, 0.15) is 17.2 Å². The van der Waals surface area contributed by atoms with Gasteiger partial charge in [-0.15, -0.1) is 0 Å². The largest absolute Gasteiger partial charge is 0.497 e. The van der Waals surface area contributed by atoms with Crippen LogP contribution < -0.4 is 15.2 Å². The van der Waals surface area contributed by atoms with Crippen LogP contribution in [0.15, 0.2) is 36.4 Å². The van der Waals surface area contributed by atoms with Gasteiger partial charge in [0, 0.05) is 16.1 Å². The van der Waals surface area contributed by atoms with E-state index in [2.05, 4.69) is 0 Å². The van der Waals surface area contributed by atoms with Gasteiger partial charge in [0.25, 0.3) is 0 Å². The van der Waals surface area contributed by atoms with Gasteiger partial charge in [0.15, 0.2) is 0 Å². The quantitative estimate of drug-likeness (QED) is 0.926. The molecular weight excluding hydrogens is 297 g/mol. The molecule has 2 aromatic rings. The molecule has 0 fully saturated rings. The lowest BCUT2D eigenvalue weighted by molar-refractivity contribution is 0.393. The van der Waals surface area contributed by atoms with E-state index in [1.54, 1.807) is 38.5 Å². The number of benzene rings is 2. The van der Waals surface area contributed by atoms with Crippen LogP contribution in [0.4, 0.5) is 0 Å². The molecule has 2 aromatic carbocycles. The van der Waals surface area contributed by atoms with Crippen LogP contribution in [0.2, 0.25) is 10.0 Å². The maximum absolute atomic E-state index is 6.28. The fourth-order valence-electron chi connectivity index (χ4n) is 1.94. The van der Waals surface area contributed by atoms with Crippen LogP contribution in [0.3, 0.4) is 0 Å². The molecule has 5 heteroatoms. The Bertz CT molecular complexity index is 595. The molecule has 0 saturated heterocycles. The summed E-state index contributed by atoms with van der Waals surface area (Å²) in [6.45, 7) is 0. The molecule has 20 heavy (non-hydrogen) atoms. The van der Waals surface area contributed by atoms with Gasteiger partial charge in [0.2, 0.25) is 0 Å². The molecule has 0 bridgehead atoms. The lowest BCUT2D eigenvalue weighted by Gasteiger charge is -2.16. The van der Waals surface area contributed by atoms with E-state index < -0.39 is 6.04 Å². The summed E-state index contributed by atoms with van der Waals surface area (Å²) in [7, 11) is 3.19. The average molecular weight is 312 g/mol. The monoisotopic (exact) mass is 311 g/mol. The summed E-state index contributed by atoms with van der Waals surface area (Å²) < 4.78 is 10.5. The van der Waals surface area contributed by atoms with Gasteiger partial charge in [-0.25, -0.2) is 0 Å². The molecule has 0 amide bonds. The third-order valence-electron chi connectivity index (χ3n) is 3.03. The molecule has 0 saturated carbocycles. The molecule has 0 spiro atoms. The van der Waals surface area contributed by atoms with Crippen molar-refractivity contribution in [2.45, 2.75) is 6.04 Å². The number of hydrogen-bond donors (Lipinski definition) is 1. The van der Waals surface area contributed by atoms with Gasteiger partial charge in [0.1, 0.15) is 11.5 Å². The predicted octanol–water partition coefficient (Wildman–Crippen LogP) is 4.06. The van der Waals surface area contributed by atoms with Crippen molar-refractivity contribution in [3.63, 3.8) is 0 Å². The van der Waals surface area contributed by atoms with Crippen LogP contribution in [-0.2, 0) is 0 Å². The molecule has 0 heterocycles. The lowest BCUT2D eigenvalue weighted by atomic mass is 9.99. The van der Waals surface area contributed by atoms with Gasteiger partial charge < -0.3 is 15.2 Å². The summed E-state index contributed by atoms with van der Waals surface area (Å²) in [4.78, 5) is 0. The number of ether oxygens (including phenoxy) is 2. The summed E-state index contributed by atoms with van der Waals surface area (Å²) in [6.07, 6.45) is 0. The normalized spacial score (nSPS) is 12.1. The third kappa shape index (κ3) is 3.18. The minimum absolute atomic E-state index is 0.412. The van der Waals surface area contributed by atoms with Crippen LogP contribution in [0.5, 0.6) is 11.5 Å². The Balaban J connectivity index is 2.46. The SMILES string of the molecule is COc1cc(OC)cc(C(N)c2cc(Cl)ccc2Cl)c1. The van der Waals surface area contributed by atoms with E-state index in [4.69, 9.17) is 38.4 Å². The molecule has 1 atom stereocenters. The summed E-state index contributed by atoms with van der Waals surface area (Å²) >= 11 is 12.2. The van der Waals surface area contributed by atoms with Crippen molar-refractivity contribution in [1.29, 1.82) is 0 Å². The Morgan fingerprint density at radius 2 is 1.55 bits per heavy atom. The van der Waals surface area contributed by atoms with Gasteiger partial charge in [-0.05, 0) is 41.5 Å². The van der Waals surface area contributed by atoms with E-state index in [1.807, 2.05) is 12.1 Å². The number of rotatable bonds is 4. The van der Waals surface area contributed by atoms with Crippen LogP contribution in [-0.4, -0.2) is 14.2 Å². The topological polar surface area (TPSA) is 44.5 Å². The fraction of sp³-hybridized carbons (Fsp3) is 0.200. The number of halogens is 2. The average Bonchev–Trinajstić information content (AvgIpc) is 2.48. The van der Waals surface area contributed by atoms with Crippen molar-refractivity contribution in [3.8, 4) is 11.5 Å². The van der Waals surface area contributed by atoms with E-state index in [1.165, 1.54) is 0 Å². The first-order valence-corrected chi connectivity index (χ1v) is 6.74. The van der Waals surface area contributed by atoms with Gasteiger partial charge >= 0.3 is 0 Å². The van der Waals surface area contributed by atoms with Crippen molar-refractivity contribution >= 4 is 23.2 Å². The maximum Gasteiger partial charge on any atom is 0.122 e. The second-order valence-corrected chi connectivity index (χ2v) is 5.13. The van der Waals surface area contributed by atoms with Crippen molar-refractivity contribution < 1.29 is 9.47 Å². The van der Waals surface area contributed by atoms with Crippen molar-refractivity contribution in [1.82, 2.24) is 0 Å². The second kappa shape index (κ2) is 6.35. The fourth-order valence-corrected chi connectivity index (χ4v) is 2.36. The Kier molecular flexibility index (Phi) is 4.76. The molecular formula is C15H15Cl2NO2. The van der Waals surface area contributed by atoms with Gasteiger partial charge in [-0.3, -0.25) is 0 Å². The zero-order valence-electron chi connectivity index (χ0n) is 11.2. The van der Waals surface area contributed by atoms with Crippen molar-refractivity contribution in [3.05, 3.63) is 57.6 Å². The van der Waals surface area contributed by atoms with Crippen LogP contribution in [0.25, 0.3) is 0 Å². The molecule has 3 nitrogen and oxygen atoms in total. The Morgan fingerprint density at radius 1 is 0.950 bits per heavy atom. The van der Waals surface area contributed by atoms with Crippen molar-refractivity contribution in [2.24, 2.45) is 5.73 Å². The molecule has 0 aromatic heterocycles. The first kappa shape index (κ1) is 15.0. The third-order valence-corrected chi connectivity index (χ3v) is 3.61. The van der Waals surface area contributed by atoms with Gasteiger partial charge in [-0.1, -0.05) is 23.2 Å². The Hall–Kier alpha value is -1.42. The van der Waals surface area contributed by atoms with E-state index in [-0.39, 0.29) is 0 Å². The number of hydrogen-bond acceptors (Lipinski definition) is 3. The zero-order valence-corrected chi connectivity index (χ0v) is 12.7. The highest BCUT2D eigenvalue weighted by molar-refractivity contribution is 6.33. The molecule has 0 aliphatic carbocycles. The van der Waals surface area contributed by atoms with Crippen LogP contribution in [0, 0.1) is 0 Å². The summed E-state index contributed by atoms with van der Waals surface area (Å²) in [5.74, 6) is 1.35. The first-order valence-electron chi connectivity index (χ1n) is 5.98. The summed E-state index contributed by atoms with van der Waals surface area (Å²) in [5.41, 5.74) is 7.88. The second-order valence-electron chi connectivity index (χ2n) is 4.29.